The summed E-state index contributed by atoms with van der Waals surface area (Å²) in [6.07, 6.45) is 7.08. The highest BCUT2D eigenvalue weighted by molar-refractivity contribution is 7.79. The second-order valence-electron chi connectivity index (χ2n) is 8.11. The van der Waals surface area contributed by atoms with Gasteiger partial charge in [-0.3, -0.25) is 13.9 Å². The van der Waals surface area contributed by atoms with Crippen LogP contribution in [0.15, 0.2) is 30.3 Å². The Morgan fingerprint density at radius 1 is 1.17 bits per heavy atom. The van der Waals surface area contributed by atoms with Crippen molar-refractivity contribution < 1.29 is 27.1 Å². The van der Waals surface area contributed by atoms with E-state index in [0.717, 1.165) is 25.8 Å². The van der Waals surface area contributed by atoms with Crippen LogP contribution in [0.2, 0.25) is 0 Å². The number of esters is 1. The van der Waals surface area contributed by atoms with Crippen molar-refractivity contribution in [2.75, 3.05) is 19.6 Å². The average molecular weight is 428 g/mol. The summed E-state index contributed by atoms with van der Waals surface area (Å²) < 4.78 is 37.7. The minimum absolute atomic E-state index is 0.133. The molecule has 0 aromatic heterocycles. The molecule has 7 nitrogen and oxygen atoms in total. The third kappa shape index (κ3) is 7.37. The van der Waals surface area contributed by atoms with Crippen molar-refractivity contribution in [3.8, 4) is 0 Å². The molecule has 164 valence electrons. The lowest BCUT2D eigenvalue weighted by Gasteiger charge is -2.48. The predicted molar refractivity (Wildman–Crippen MR) is 111 cm³/mol. The molecule has 1 aliphatic heterocycles. The van der Waals surface area contributed by atoms with E-state index in [1.54, 1.807) is 6.92 Å². The van der Waals surface area contributed by atoms with E-state index in [2.05, 4.69) is 42.2 Å². The molecule has 2 N–H and O–H groups in total. The molecule has 29 heavy (non-hydrogen) atoms. The Balaban J connectivity index is 0.000000537. The highest BCUT2D eigenvalue weighted by Gasteiger charge is 2.48. The molecule has 1 aromatic carbocycles. The second-order valence-corrected chi connectivity index (χ2v) is 9.01. The highest BCUT2D eigenvalue weighted by Crippen LogP contribution is 2.48. The Labute approximate surface area is 174 Å². The van der Waals surface area contributed by atoms with Gasteiger partial charge >= 0.3 is 16.4 Å². The summed E-state index contributed by atoms with van der Waals surface area (Å²) in [6, 6.07) is 10.7. The molecule has 0 amide bonds. The zero-order valence-electron chi connectivity index (χ0n) is 17.3. The Kier molecular flexibility index (Phi) is 8.63. The zero-order valence-corrected chi connectivity index (χ0v) is 18.1. The van der Waals surface area contributed by atoms with Crippen LogP contribution in [0.1, 0.15) is 63.9 Å². The summed E-state index contributed by atoms with van der Waals surface area (Å²) in [6.45, 7) is 7.28. The molecule has 3 unspecified atom stereocenters. The van der Waals surface area contributed by atoms with Crippen molar-refractivity contribution in [1.82, 2.24) is 4.90 Å². The minimum atomic E-state index is -4.67. The van der Waals surface area contributed by atoms with E-state index in [-0.39, 0.29) is 11.6 Å². The topological polar surface area (TPSA) is 104 Å². The first-order valence-electron chi connectivity index (χ1n) is 10.3. The van der Waals surface area contributed by atoms with Crippen LogP contribution in [-0.4, -0.2) is 53.6 Å². The van der Waals surface area contributed by atoms with Gasteiger partial charge in [0, 0.05) is 25.3 Å². The summed E-state index contributed by atoms with van der Waals surface area (Å²) >= 11 is 0. The summed E-state index contributed by atoms with van der Waals surface area (Å²) in [7, 11) is -4.67. The predicted octanol–water partition coefficient (Wildman–Crippen LogP) is 3.73. The van der Waals surface area contributed by atoms with Gasteiger partial charge in [0.25, 0.3) is 0 Å². The van der Waals surface area contributed by atoms with Gasteiger partial charge in [0.1, 0.15) is 5.60 Å². The van der Waals surface area contributed by atoms with Gasteiger partial charge in [-0.05, 0) is 50.8 Å². The first kappa shape index (κ1) is 23.8. The van der Waals surface area contributed by atoms with E-state index in [1.807, 2.05) is 0 Å². The van der Waals surface area contributed by atoms with E-state index in [9.17, 15) is 4.79 Å². The van der Waals surface area contributed by atoms with Crippen LogP contribution in [0.4, 0.5) is 0 Å². The molecule has 1 heterocycles. The number of hydrogen-bond donors (Lipinski definition) is 2. The van der Waals surface area contributed by atoms with Crippen LogP contribution >= 0.6 is 0 Å². The van der Waals surface area contributed by atoms with Gasteiger partial charge in [-0.1, -0.05) is 43.7 Å². The smallest absolute Gasteiger partial charge is 0.394 e. The molecular weight excluding hydrogens is 394 g/mol. The standard InChI is InChI=1S/C21H31NO2.H2O4S/c1-17(16-22-14-8-9-15-22)21(24-18(2)23)13-7-6-12-20(21)19-10-4-3-5-11-19;1-5(2,3)4/h3-5,10-11,17,20H,6-9,12-16H2,1-2H3;(H2,1,2,3,4). The molecule has 3 atom stereocenters. The molecule has 1 aromatic rings. The second kappa shape index (κ2) is 10.5. The molecule has 2 aliphatic rings. The number of hydrogen-bond acceptors (Lipinski definition) is 5. The van der Waals surface area contributed by atoms with E-state index in [4.69, 9.17) is 22.3 Å². The highest BCUT2D eigenvalue weighted by atomic mass is 32.3. The summed E-state index contributed by atoms with van der Waals surface area (Å²) in [4.78, 5) is 14.5. The van der Waals surface area contributed by atoms with E-state index < -0.39 is 10.4 Å². The van der Waals surface area contributed by atoms with Gasteiger partial charge < -0.3 is 9.64 Å². The summed E-state index contributed by atoms with van der Waals surface area (Å²) in [5.74, 6) is 0.532. The largest absolute Gasteiger partial charge is 0.458 e. The van der Waals surface area contributed by atoms with Crippen molar-refractivity contribution in [1.29, 1.82) is 0 Å². The first-order chi connectivity index (χ1) is 13.6. The van der Waals surface area contributed by atoms with Crippen molar-refractivity contribution >= 4 is 16.4 Å². The molecule has 8 heteroatoms. The van der Waals surface area contributed by atoms with E-state index in [1.165, 1.54) is 37.9 Å². The third-order valence-corrected chi connectivity index (χ3v) is 6.00. The van der Waals surface area contributed by atoms with Gasteiger partial charge in [0.2, 0.25) is 0 Å². The number of carbonyl (C=O) groups excluding carboxylic acids is 1. The van der Waals surface area contributed by atoms with Crippen LogP contribution in [-0.2, 0) is 19.9 Å². The fraction of sp³-hybridized carbons (Fsp3) is 0.667. The molecule has 1 saturated heterocycles. The summed E-state index contributed by atoms with van der Waals surface area (Å²) in [5, 5.41) is 0. The minimum Gasteiger partial charge on any atom is -0.458 e. The quantitative estimate of drug-likeness (QED) is 0.545. The number of likely N-dealkylation sites (tertiary alicyclic amines) is 1. The van der Waals surface area contributed by atoms with Gasteiger partial charge in [-0.2, -0.15) is 8.42 Å². The van der Waals surface area contributed by atoms with E-state index >= 15 is 0 Å². The molecule has 3 rings (SSSR count). The monoisotopic (exact) mass is 427 g/mol. The van der Waals surface area contributed by atoms with Crippen molar-refractivity contribution in [3.63, 3.8) is 0 Å². The fourth-order valence-electron chi connectivity index (χ4n) is 4.89. The molecule has 0 bridgehead atoms. The van der Waals surface area contributed by atoms with E-state index in [0.29, 0.717) is 11.8 Å². The number of benzene rings is 1. The van der Waals surface area contributed by atoms with Crippen molar-refractivity contribution in [3.05, 3.63) is 35.9 Å². The summed E-state index contributed by atoms with van der Waals surface area (Å²) in [5.41, 5.74) is 0.973. The molecule has 0 radical (unpaired) electrons. The van der Waals surface area contributed by atoms with Gasteiger partial charge in [-0.15, -0.1) is 0 Å². The molecule has 2 fully saturated rings. The average Bonchev–Trinajstić information content (AvgIpc) is 3.14. The van der Waals surface area contributed by atoms with Gasteiger partial charge in [0.15, 0.2) is 0 Å². The van der Waals surface area contributed by atoms with Crippen LogP contribution in [0, 0.1) is 5.92 Å². The lowest BCUT2D eigenvalue weighted by Crippen LogP contribution is -2.51. The van der Waals surface area contributed by atoms with Gasteiger partial charge in [0.05, 0.1) is 0 Å². The van der Waals surface area contributed by atoms with Crippen molar-refractivity contribution in [2.24, 2.45) is 5.92 Å². The SMILES string of the molecule is CC(=O)OC1(C(C)CN2CCCC2)CCCCC1c1ccccc1.O=S(=O)(O)O. The van der Waals surface area contributed by atoms with Crippen LogP contribution in [0.3, 0.4) is 0 Å². The van der Waals surface area contributed by atoms with Crippen LogP contribution < -0.4 is 0 Å². The molecule has 1 saturated carbocycles. The maximum Gasteiger partial charge on any atom is 0.394 e. The Morgan fingerprint density at radius 2 is 1.76 bits per heavy atom. The van der Waals surface area contributed by atoms with Crippen LogP contribution in [0.25, 0.3) is 0 Å². The fourth-order valence-corrected chi connectivity index (χ4v) is 4.89. The lowest BCUT2D eigenvalue weighted by molar-refractivity contribution is -0.172. The Bertz CT molecular complexity index is 740. The number of nitrogens with zero attached hydrogens (tertiary/aromatic N) is 1. The maximum atomic E-state index is 12.0. The van der Waals surface area contributed by atoms with Gasteiger partial charge in [-0.25, -0.2) is 0 Å². The number of carbonyl (C=O) groups is 1. The molecule has 0 spiro atoms. The Hall–Kier alpha value is -1.48. The maximum absolute atomic E-state index is 12.0. The number of rotatable bonds is 5. The number of ether oxygens (including phenoxy) is 1. The molecular formula is C21H33NO6S. The first-order valence-corrected chi connectivity index (χ1v) is 11.7. The normalized spacial score (nSPS) is 26.3. The molecule has 1 aliphatic carbocycles. The lowest BCUT2D eigenvalue weighted by atomic mass is 9.66. The third-order valence-electron chi connectivity index (χ3n) is 6.00. The van der Waals surface area contributed by atoms with Crippen LogP contribution in [0.5, 0.6) is 0 Å². The Morgan fingerprint density at radius 3 is 2.31 bits per heavy atom. The van der Waals surface area contributed by atoms with Crippen molar-refractivity contribution in [2.45, 2.75) is 63.9 Å². The zero-order chi connectivity index (χ0) is 21.5.